The standard InChI is InChI=1S/C15H16ClN3O2S/c1-9-3-4-11(5-13(9)16)21-12-7-19(8-12)15(20)18-14-17-6-10(2)22-14/h3-6,12H,7-8H2,1-2H3,(H,17,18,20). The molecular weight excluding hydrogens is 322 g/mol. The van der Waals surface area contributed by atoms with Crippen molar-refractivity contribution in [1.82, 2.24) is 9.88 Å². The van der Waals surface area contributed by atoms with E-state index in [1.807, 2.05) is 26.0 Å². The molecule has 0 bridgehead atoms. The number of thiazole rings is 1. The van der Waals surface area contributed by atoms with E-state index in [1.54, 1.807) is 17.2 Å². The van der Waals surface area contributed by atoms with Gasteiger partial charge in [0.25, 0.3) is 0 Å². The van der Waals surface area contributed by atoms with Gasteiger partial charge in [0.15, 0.2) is 5.13 Å². The van der Waals surface area contributed by atoms with Gasteiger partial charge in [0.2, 0.25) is 0 Å². The summed E-state index contributed by atoms with van der Waals surface area (Å²) in [7, 11) is 0. The maximum absolute atomic E-state index is 12.0. The van der Waals surface area contributed by atoms with E-state index >= 15 is 0 Å². The SMILES string of the molecule is Cc1cnc(NC(=O)N2CC(Oc3ccc(C)c(Cl)c3)C2)s1. The van der Waals surface area contributed by atoms with E-state index in [-0.39, 0.29) is 12.1 Å². The van der Waals surface area contributed by atoms with Crippen molar-refractivity contribution in [2.24, 2.45) is 0 Å². The van der Waals surface area contributed by atoms with Crippen LogP contribution in [0.1, 0.15) is 10.4 Å². The lowest BCUT2D eigenvalue weighted by atomic mass is 10.2. The van der Waals surface area contributed by atoms with Crippen molar-refractivity contribution in [3.8, 4) is 5.75 Å². The molecule has 0 spiro atoms. The van der Waals surface area contributed by atoms with Crippen LogP contribution in [0.25, 0.3) is 0 Å². The number of anilines is 1. The minimum Gasteiger partial charge on any atom is -0.487 e. The van der Waals surface area contributed by atoms with Gasteiger partial charge >= 0.3 is 6.03 Å². The number of carbonyl (C=O) groups excluding carboxylic acids is 1. The molecule has 1 aromatic heterocycles. The number of amides is 2. The molecule has 1 fully saturated rings. The van der Waals surface area contributed by atoms with Gasteiger partial charge in [-0.2, -0.15) is 0 Å². The minimum atomic E-state index is -0.142. The molecule has 7 heteroatoms. The highest BCUT2D eigenvalue weighted by atomic mass is 35.5. The summed E-state index contributed by atoms with van der Waals surface area (Å²) in [5, 5.41) is 4.09. The van der Waals surface area contributed by atoms with Crippen LogP contribution in [0.15, 0.2) is 24.4 Å². The summed E-state index contributed by atoms with van der Waals surface area (Å²) >= 11 is 7.53. The first kappa shape index (κ1) is 15.1. The second-order valence-corrected chi connectivity index (χ2v) is 6.90. The van der Waals surface area contributed by atoms with Crippen molar-refractivity contribution < 1.29 is 9.53 Å². The number of hydrogen-bond acceptors (Lipinski definition) is 4. The average molecular weight is 338 g/mol. The highest BCUT2D eigenvalue weighted by molar-refractivity contribution is 7.15. The van der Waals surface area contributed by atoms with E-state index in [9.17, 15) is 4.79 Å². The summed E-state index contributed by atoms with van der Waals surface area (Å²) in [4.78, 5) is 18.9. The Morgan fingerprint density at radius 2 is 2.23 bits per heavy atom. The fourth-order valence-corrected chi connectivity index (χ4v) is 2.93. The number of carbonyl (C=O) groups is 1. The lowest BCUT2D eigenvalue weighted by Gasteiger charge is -2.38. The Kier molecular flexibility index (Phi) is 4.22. The van der Waals surface area contributed by atoms with Gasteiger partial charge in [-0.1, -0.05) is 17.7 Å². The molecule has 2 heterocycles. The summed E-state index contributed by atoms with van der Waals surface area (Å²) in [6.07, 6.45) is 1.74. The Balaban J connectivity index is 1.49. The molecule has 0 radical (unpaired) electrons. The molecule has 5 nitrogen and oxygen atoms in total. The summed E-state index contributed by atoms with van der Waals surface area (Å²) in [5.41, 5.74) is 1.02. The lowest BCUT2D eigenvalue weighted by Crippen LogP contribution is -2.57. The van der Waals surface area contributed by atoms with Crippen LogP contribution in [0, 0.1) is 13.8 Å². The number of rotatable bonds is 3. The van der Waals surface area contributed by atoms with Crippen LogP contribution >= 0.6 is 22.9 Å². The van der Waals surface area contributed by atoms with Crippen LogP contribution in [0.4, 0.5) is 9.93 Å². The smallest absolute Gasteiger partial charge is 0.323 e. The van der Waals surface area contributed by atoms with Gasteiger partial charge in [-0.25, -0.2) is 9.78 Å². The number of benzene rings is 1. The topological polar surface area (TPSA) is 54.5 Å². The van der Waals surface area contributed by atoms with Gasteiger partial charge in [0.05, 0.1) is 13.1 Å². The quantitative estimate of drug-likeness (QED) is 0.929. The molecule has 1 saturated heterocycles. The molecule has 1 N–H and O–H groups in total. The van der Waals surface area contributed by atoms with E-state index in [1.165, 1.54) is 11.3 Å². The Bertz CT molecular complexity index is 698. The van der Waals surface area contributed by atoms with Crippen LogP contribution in [-0.4, -0.2) is 35.1 Å². The number of nitrogens with one attached hydrogen (secondary N) is 1. The normalized spacial score (nSPS) is 14.6. The van der Waals surface area contributed by atoms with Crippen LogP contribution in [0.2, 0.25) is 5.02 Å². The summed E-state index contributed by atoms with van der Waals surface area (Å²) in [5.74, 6) is 0.733. The Labute approximate surface area is 137 Å². The van der Waals surface area contributed by atoms with Crippen molar-refractivity contribution in [3.63, 3.8) is 0 Å². The molecule has 1 aliphatic rings. The number of urea groups is 1. The van der Waals surface area contributed by atoms with Crippen molar-refractivity contribution in [1.29, 1.82) is 0 Å². The maximum Gasteiger partial charge on any atom is 0.323 e. The van der Waals surface area contributed by atoms with E-state index in [2.05, 4.69) is 10.3 Å². The lowest BCUT2D eigenvalue weighted by molar-refractivity contribution is 0.0493. The summed E-state index contributed by atoms with van der Waals surface area (Å²) in [6, 6.07) is 5.47. The molecule has 3 rings (SSSR count). The molecule has 0 aliphatic carbocycles. The number of aromatic nitrogens is 1. The van der Waals surface area contributed by atoms with Gasteiger partial charge < -0.3 is 9.64 Å². The van der Waals surface area contributed by atoms with Gasteiger partial charge in [0.1, 0.15) is 11.9 Å². The molecule has 0 atom stereocenters. The Morgan fingerprint density at radius 1 is 1.45 bits per heavy atom. The molecule has 22 heavy (non-hydrogen) atoms. The molecule has 0 saturated carbocycles. The predicted octanol–water partition coefficient (Wildman–Crippen LogP) is 3.71. The van der Waals surface area contributed by atoms with Gasteiger partial charge in [-0.3, -0.25) is 5.32 Å². The third-order valence-corrected chi connectivity index (χ3v) is 4.65. The zero-order valence-electron chi connectivity index (χ0n) is 12.3. The van der Waals surface area contributed by atoms with Crippen LogP contribution in [0.3, 0.4) is 0 Å². The zero-order valence-corrected chi connectivity index (χ0v) is 13.9. The third-order valence-electron chi connectivity index (χ3n) is 3.42. The van der Waals surface area contributed by atoms with Crippen molar-refractivity contribution in [2.45, 2.75) is 20.0 Å². The van der Waals surface area contributed by atoms with Crippen molar-refractivity contribution in [2.75, 3.05) is 18.4 Å². The van der Waals surface area contributed by atoms with E-state index in [0.717, 1.165) is 16.2 Å². The Morgan fingerprint density at radius 3 is 2.86 bits per heavy atom. The number of hydrogen-bond donors (Lipinski definition) is 1. The number of aryl methyl sites for hydroxylation is 2. The van der Waals surface area contributed by atoms with Gasteiger partial charge in [-0.15, -0.1) is 11.3 Å². The van der Waals surface area contributed by atoms with Crippen LogP contribution < -0.4 is 10.1 Å². The number of ether oxygens (including phenoxy) is 1. The van der Waals surface area contributed by atoms with Crippen LogP contribution in [-0.2, 0) is 0 Å². The second-order valence-electron chi connectivity index (χ2n) is 5.26. The molecule has 1 aromatic carbocycles. The van der Waals surface area contributed by atoms with E-state index in [4.69, 9.17) is 16.3 Å². The third kappa shape index (κ3) is 3.34. The van der Waals surface area contributed by atoms with E-state index < -0.39 is 0 Å². The first-order valence-corrected chi connectivity index (χ1v) is 8.12. The molecule has 2 amide bonds. The zero-order chi connectivity index (χ0) is 15.7. The molecule has 1 aliphatic heterocycles. The summed E-state index contributed by atoms with van der Waals surface area (Å²) < 4.78 is 5.80. The number of likely N-dealkylation sites (tertiary alicyclic amines) is 1. The molecular formula is C15H16ClN3O2S. The van der Waals surface area contributed by atoms with Gasteiger partial charge in [-0.05, 0) is 31.5 Å². The largest absolute Gasteiger partial charge is 0.487 e. The van der Waals surface area contributed by atoms with Crippen molar-refractivity contribution >= 4 is 34.1 Å². The highest BCUT2D eigenvalue weighted by Gasteiger charge is 2.32. The average Bonchev–Trinajstić information content (AvgIpc) is 2.82. The monoisotopic (exact) mass is 337 g/mol. The van der Waals surface area contributed by atoms with Gasteiger partial charge in [0, 0.05) is 16.1 Å². The van der Waals surface area contributed by atoms with Crippen LogP contribution in [0.5, 0.6) is 5.75 Å². The molecule has 116 valence electrons. The fraction of sp³-hybridized carbons (Fsp3) is 0.333. The molecule has 0 unspecified atom stereocenters. The molecule has 2 aromatic rings. The number of halogens is 1. The Hall–Kier alpha value is -1.79. The maximum atomic E-state index is 12.0. The van der Waals surface area contributed by atoms with E-state index in [0.29, 0.717) is 23.2 Å². The minimum absolute atomic E-state index is 0.00236. The first-order valence-electron chi connectivity index (χ1n) is 6.92. The fourth-order valence-electron chi connectivity index (χ4n) is 2.10. The summed E-state index contributed by atoms with van der Waals surface area (Å²) in [6.45, 7) is 5.01. The predicted molar refractivity (Wildman–Crippen MR) is 88.0 cm³/mol. The van der Waals surface area contributed by atoms with Crippen molar-refractivity contribution in [3.05, 3.63) is 39.9 Å². The highest BCUT2D eigenvalue weighted by Crippen LogP contribution is 2.25. The number of nitrogens with zero attached hydrogens (tertiary/aromatic N) is 2. The second kappa shape index (κ2) is 6.14. The first-order chi connectivity index (χ1) is 10.5.